The number of nitrogens with zero attached hydrogens (tertiary/aromatic N) is 3. The quantitative estimate of drug-likeness (QED) is 0.690. The molecule has 3 aromatic rings. The van der Waals surface area contributed by atoms with Crippen LogP contribution < -0.4 is 10.6 Å². The molecular weight excluding hydrogens is 334 g/mol. The maximum atomic E-state index is 11.8. The third-order valence-corrected chi connectivity index (χ3v) is 4.97. The van der Waals surface area contributed by atoms with Crippen LogP contribution >= 0.6 is 23.1 Å². The number of nitrogens with one attached hydrogen (secondary N) is 2. The zero-order chi connectivity index (χ0) is 16.2. The summed E-state index contributed by atoms with van der Waals surface area (Å²) in [7, 11) is 0. The fourth-order valence-corrected chi connectivity index (χ4v) is 3.79. The number of thiazole rings is 1. The van der Waals surface area contributed by atoms with Crippen molar-refractivity contribution in [2.24, 2.45) is 0 Å². The monoisotopic (exact) mass is 349 g/mol. The summed E-state index contributed by atoms with van der Waals surface area (Å²) in [4.78, 5) is 24.0. The second-order valence-electron chi connectivity index (χ2n) is 4.76. The van der Waals surface area contributed by atoms with E-state index in [-0.39, 0.29) is 11.7 Å². The molecule has 9 heteroatoms. The summed E-state index contributed by atoms with van der Waals surface area (Å²) in [5.41, 5.74) is 1.01. The van der Waals surface area contributed by atoms with Gasteiger partial charge in [-0.2, -0.15) is 0 Å². The number of thioether (sulfide) groups is 1. The molecule has 0 bridgehead atoms. The Morgan fingerprint density at radius 1 is 1.30 bits per heavy atom. The summed E-state index contributed by atoms with van der Waals surface area (Å²) in [6.45, 7) is 2.48. The Morgan fingerprint density at radius 2 is 2.13 bits per heavy atom. The molecule has 120 valence electrons. The predicted molar refractivity (Wildman–Crippen MR) is 90.9 cm³/mol. The van der Waals surface area contributed by atoms with Crippen molar-refractivity contribution in [3.05, 3.63) is 24.3 Å². The molecule has 0 atom stereocenters. The van der Waals surface area contributed by atoms with Crippen molar-refractivity contribution < 1.29 is 9.59 Å². The van der Waals surface area contributed by atoms with Crippen LogP contribution in [0, 0.1) is 0 Å². The molecule has 0 aliphatic carbocycles. The van der Waals surface area contributed by atoms with Crippen LogP contribution in [-0.4, -0.2) is 38.8 Å². The molecule has 2 aromatic heterocycles. The summed E-state index contributed by atoms with van der Waals surface area (Å²) >= 11 is 2.80. The number of fused-ring (bicyclic) bond motifs is 3. The SMILES string of the molecule is CCCNC(=O)NC(=O)CSc1nnc2sc3ccccc3n12. The maximum Gasteiger partial charge on any atom is 0.321 e. The van der Waals surface area contributed by atoms with Crippen molar-refractivity contribution in [2.75, 3.05) is 12.3 Å². The molecule has 2 N–H and O–H groups in total. The number of hydrogen-bond acceptors (Lipinski definition) is 6. The lowest BCUT2D eigenvalue weighted by Gasteiger charge is -2.04. The van der Waals surface area contributed by atoms with Gasteiger partial charge in [0.05, 0.1) is 16.0 Å². The molecular formula is C14H15N5O2S2. The van der Waals surface area contributed by atoms with Gasteiger partial charge in [0.25, 0.3) is 0 Å². The van der Waals surface area contributed by atoms with Crippen LogP contribution in [0.1, 0.15) is 13.3 Å². The Hall–Kier alpha value is -2.13. The van der Waals surface area contributed by atoms with Gasteiger partial charge in [0, 0.05) is 6.54 Å². The van der Waals surface area contributed by atoms with E-state index in [0.29, 0.717) is 11.7 Å². The van der Waals surface area contributed by atoms with Crippen molar-refractivity contribution in [3.8, 4) is 0 Å². The third kappa shape index (κ3) is 3.45. The van der Waals surface area contributed by atoms with Crippen molar-refractivity contribution in [1.29, 1.82) is 0 Å². The second-order valence-corrected chi connectivity index (χ2v) is 6.71. The number of hydrogen-bond donors (Lipinski definition) is 2. The molecule has 2 heterocycles. The number of imide groups is 1. The average molecular weight is 349 g/mol. The molecule has 0 saturated heterocycles. The number of aromatic nitrogens is 3. The van der Waals surface area contributed by atoms with Gasteiger partial charge in [-0.25, -0.2) is 4.79 Å². The topological polar surface area (TPSA) is 88.4 Å². The molecule has 0 saturated carbocycles. The van der Waals surface area contributed by atoms with E-state index in [0.717, 1.165) is 21.6 Å². The van der Waals surface area contributed by atoms with Gasteiger partial charge < -0.3 is 5.32 Å². The van der Waals surface area contributed by atoms with Crippen LogP contribution in [0.4, 0.5) is 4.79 Å². The number of amides is 3. The Kier molecular flexibility index (Phi) is 4.77. The summed E-state index contributed by atoms with van der Waals surface area (Å²) in [6, 6.07) is 7.47. The molecule has 0 radical (unpaired) electrons. The highest BCUT2D eigenvalue weighted by molar-refractivity contribution is 7.99. The van der Waals surface area contributed by atoms with Crippen LogP contribution in [0.15, 0.2) is 29.4 Å². The molecule has 23 heavy (non-hydrogen) atoms. The zero-order valence-electron chi connectivity index (χ0n) is 12.4. The average Bonchev–Trinajstić information content (AvgIpc) is 3.10. The number of benzene rings is 1. The van der Waals surface area contributed by atoms with Crippen molar-refractivity contribution >= 4 is 50.2 Å². The minimum atomic E-state index is -0.468. The molecule has 0 aliphatic rings. The Bertz CT molecular complexity index is 857. The molecule has 0 fully saturated rings. The lowest BCUT2D eigenvalue weighted by Crippen LogP contribution is -2.40. The first-order valence-corrected chi connectivity index (χ1v) is 8.92. The van der Waals surface area contributed by atoms with E-state index in [1.807, 2.05) is 35.6 Å². The lowest BCUT2D eigenvalue weighted by atomic mass is 10.3. The number of rotatable bonds is 5. The normalized spacial score (nSPS) is 11.0. The Labute approximate surface area is 140 Å². The van der Waals surface area contributed by atoms with Gasteiger partial charge in [-0.1, -0.05) is 42.2 Å². The highest BCUT2D eigenvalue weighted by Gasteiger charge is 2.14. The van der Waals surface area contributed by atoms with Gasteiger partial charge >= 0.3 is 6.03 Å². The molecule has 3 rings (SSSR count). The van der Waals surface area contributed by atoms with Gasteiger partial charge in [-0.3, -0.25) is 14.5 Å². The van der Waals surface area contributed by atoms with E-state index in [9.17, 15) is 9.59 Å². The van der Waals surface area contributed by atoms with Crippen LogP contribution in [0.25, 0.3) is 15.2 Å². The van der Waals surface area contributed by atoms with E-state index >= 15 is 0 Å². The highest BCUT2D eigenvalue weighted by atomic mass is 32.2. The molecule has 0 aliphatic heterocycles. The van der Waals surface area contributed by atoms with Gasteiger partial charge in [0.15, 0.2) is 5.16 Å². The van der Waals surface area contributed by atoms with E-state index < -0.39 is 6.03 Å². The smallest absolute Gasteiger partial charge is 0.321 e. The number of carbonyl (C=O) groups is 2. The maximum absolute atomic E-state index is 11.8. The molecule has 7 nitrogen and oxygen atoms in total. The molecule has 0 unspecified atom stereocenters. The lowest BCUT2D eigenvalue weighted by molar-refractivity contribution is -0.117. The first kappa shape index (κ1) is 15.8. The van der Waals surface area contributed by atoms with Gasteiger partial charge in [0.2, 0.25) is 10.9 Å². The fraction of sp³-hybridized carbons (Fsp3) is 0.286. The molecule has 1 aromatic carbocycles. The largest absolute Gasteiger partial charge is 0.338 e. The fourth-order valence-electron chi connectivity index (χ4n) is 2.02. The summed E-state index contributed by atoms with van der Waals surface area (Å²) < 4.78 is 3.04. The van der Waals surface area contributed by atoms with Gasteiger partial charge in [0.1, 0.15) is 0 Å². The first-order chi connectivity index (χ1) is 11.2. The minimum Gasteiger partial charge on any atom is -0.338 e. The van der Waals surface area contributed by atoms with Crippen molar-refractivity contribution in [3.63, 3.8) is 0 Å². The number of carbonyl (C=O) groups excluding carboxylic acids is 2. The number of para-hydroxylation sites is 1. The minimum absolute atomic E-state index is 0.102. The van der Waals surface area contributed by atoms with Crippen LogP contribution in [-0.2, 0) is 4.79 Å². The first-order valence-electron chi connectivity index (χ1n) is 7.12. The van der Waals surface area contributed by atoms with Crippen molar-refractivity contribution in [1.82, 2.24) is 25.2 Å². The van der Waals surface area contributed by atoms with Crippen LogP contribution in [0.3, 0.4) is 0 Å². The van der Waals surface area contributed by atoms with Crippen molar-refractivity contribution in [2.45, 2.75) is 18.5 Å². The summed E-state index contributed by atoms with van der Waals surface area (Å²) in [6.07, 6.45) is 0.819. The number of urea groups is 1. The Morgan fingerprint density at radius 3 is 2.96 bits per heavy atom. The van der Waals surface area contributed by atoms with E-state index in [1.54, 1.807) is 11.3 Å². The van der Waals surface area contributed by atoms with E-state index in [1.165, 1.54) is 11.8 Å². The van der Waals surface area contributed by atoms with Crippen LogP contribution in [0.5, 0.6) is 0 Å². The van der Waals surface area contributed by atoms with Gasteiger partial charge in [-0.15, -0.1) is 10.2 Å². The summed E-state index contributed by atoms with van der Waals surface area (Å²) in [5, 5.41) is 13.8. The Balaban J connectivity index is 1.67. The zero-order valence-corrected chi connectivity index (χ0v) is 14.0. The predicted octanol–water partition coefficient (Wildman–Crippen LogP) is 2.27. The molecule has 0 spiro atoms. The van der Waals surface area contributed by atoms with Gasteiger partial charge in [-0.05, 0) is 18.6 Å². The standard InChI is InChI=1S/C14H15N5O2S2/c1-2-7-15-12(21)16-11(20)8-22-13-17-18-14-19(13)9-5-3-4-6-10(9)23-14/h3-6H,2,7-8H2,1H3,(H2,15,16,20,21). The molecule has 3 amide bonds. The van der Waals surface area contributed by atoms with E-state index in [4.69, 9.17) is 0 Å². The third-order valence-electron chi connectivity index (χ3n) is 3.03. The highest BCUT2D eigenvalue weighted by Crippen LogP contribution is 2.29. The second kappa shape index (κ2) is 6.97. The summed E-state index contributed by atoms with van der Waals surface area (Å²) in [5.74, 6) is -0.260. The van der Waals surface area contributed by atoms with E-state index in [2.05, 4.69) is 20.8 Å². The van der Waals surface area contributed by atoms with Crippen LogP contribution in [0.2, 0.25) is 0 Å².